The Kier molecular flexibility index (Phi) is 7.95. The minimum Gasteiger partial charge on any atom is -0.341 e. The van der Waals surface area contributed by atoms with Crippen LogP contribution >= 0.6 is 43.5 Å². The van der Waals surface area contributed by atoms with Crippen LogP contribution in [0.3, 0.4) is 0 Å². The molecule has 1 aromatic carbocycles. The maximum absolute atomic E-state index is 12.7. The van der Waals surface area contributed by atoms with Crippen LogP contribution in [0.25, 0.3) is 5.70 Å². The van der Waals surface area contributed by atoms with E-state index < -0.39 is 17.8 Å². The van der Waals surface area contributed by atoms with Gasteiger partial charge in [-0.3, -0.25) is 4.79 Å². The molecule has 2 rings (SSSR count). The molecule has 0 saturated heterocycles. The summed E-state index contributed by atoms with van der Waals surface area (Å²) in [7, 11) is 0. The molecule has 8 heteroatoms. The van der Waals surface area contributed by atoms with Crippen LogP contribution in [0.1, 0.15) is 12.0 Å². The molecule has 111 valence electrons. The van der Waals surface area contributed by atoms with Gasteiger partial charge in [0.15, 0.2) is 0 Å². The number of benzene rings is 1. The first-order chi connectivity index (χ1) is 9.40. The molecule has 1 aliphatic rings. The Balaban J connectivity index is 0.00000220. The van der Waals surface area contributed by atoms with Gasteiger partial charge in [-0.1, -0.05) is 60.4 Å². The molecular formula is C13H9Br2ClF2NOY-. The van der Waals surface area contributed by atoms with Crippen LogP contribution in [0, 0.1) is 6.08 Å². The standard InChI is InChI=1S/C13H9Br2ClF2NO.Y/c14-9-3-4-11(19(13(9)20)6-12(17)18)8-2-1-7(16)5-10(8)15;/h1-2,5,9,12H,3,6H2;/q-1;. The van der Waals surface area contributed by atoms with E-state index in [1.54, 1.807) is 18.2 Å². The summed E-state index contributed by atoms with van der Waals surface area (Å²) in [6.07, 6.45) is 0.725. The van der Waals surface area contributed by atoms with Crippen molar-refractivity contribution in [1.82, 2.24) is 4.90 Å². The van der Waals surface area contributed by atoms with Crippen molar-refractivity contribution in [2.75, 3.05) is 6.54 Å². The van der Waals surface area contributed by atoms with Gasteiger partial charge in [0.1, 0.15) is 0 Å². The van der Waals surface area contributed by atoms with Crippen molar-refractivity contribution in [2.24, 2.45) is 0 Å². The van der Waals surface area contributed by atoms with Crippen LogP contribution in [-0.2, 0) is 37.5 Å². The number of allylic oxidation sites excluding steroid dienone is 1. The maximum atomic E-state index is 12.7. The maximum Gasteiger partial charge on any atom is 0.256 e. The molecule has 0 saturated carbocycles. The number of rotatable bonds is 3. The van der Waals surface area contributed by atoms with E-state index in [4.69, 9.17) is 11.6 Å². The van der Waals surface area contributed by atoms with Gasteiger partial charge in [-0.2, -0.15) is 0 Å². The number of carbonyl (C=O) groups is 1. The van der Waals surface area contributed by atoms with Gasteiger partial charge in [-0.15, -0.1) is 17.3 Å². The fourth-order valence-corrected chi connectivity index (χ4v) is 3.17. The van der Waals surface area contributed by atoms with Crippen molar-refractivity contribution < 1.29 is 46.3 Å². The summed E-state index contributed by atoms with van der Waals surface area (Å²) < 4.78 is 26.0. The Morgan fingerprint density at radius 1 is 1.48 bits per heavy atom. The van der Waals surface area contributed by atoms with Gasteiger partial charge in [0.25, 0.3) is 6.43 Å². The normalized spacial score (nSPS) is 18.6. The average molecular weight is 517 g/mol. The quantitative estimate of drug-likeness (QED) is 0.427. The van der Waals surface area contributed by atoms with Gasteiger partial charge < -0.3 is 4.90 Å². The Labute approximate surface area is 168 Å². The van der Waals surface area contributed by atoms with E-state index in [9.17, 15) is 13.6 Å². The van der Waals surface area contributed by atoms with Crippen molar-refractivity contribution in [2.45, 2.75) is 17.7 Å². The first-order valence-corrected chi connectivity index (χ1v) is 7.78. The topological polar surface area (TPSA) is 20.3 Å². The molecule has 1 heterocycles. The molecule has 1 amide bonds. The van der Waals surface area contributed by atoms with Crippen LogP contribution in [0.15, 0.2) is 22.7 Å². The second kappa shape index (κ2) is 8.48. The van der Waals surface area contributed by atoms with Gasteiger partial charge >= 0.3 is 0 Å². The average Bonchev–Trinajstić information content (AvgIpc) is 2.36. The largest absolute Gasteiger partial charge is 0.341 e. The zero-order chi connectivity index (χ0) is 14.9. The Morgan fingerprint density at radius 3 is 2.71 bits per heavy atom. The van der Waals surface area contributed by atoms with Crippen molar-refractivity contribution in [3.8, 4) is 0 Å². The van der Waals surface area contributed by atoms with E-state index in [-0.39, 0.29) is 38.6 Å². The van der Waals surface area contributed by atoms with Crippen LogP contribution in [0.4, 0.5) is 8.78 Å². The number of amides is 1. The van der Waals surface area contributed by atoms with E-state index in [2.05, 4.69) is 37.9 Å². The van der Waals surface area contributed by atoms with Gasteiger partial charge in [0, 0.05) is 37.7 Å². The molecule has 0 aliphatic carbocycles. The molecule has 0 bridgehead atoms. The predicted octanol–water partition coefficient (Wildman–Crippen LogP) is 4.50. The molecule has 0 aromatic heterocycles. The van der Waals surface area contributed by atoms with E-state index >= 15 is 0 Å². The second-order valence-electron chi connectivity index (χ2n) is 4.16. The molecule has 0 N–H and O–H groups in total. The molecule has 1 aliphatic heterocycles. The fourth-order valence-electron chi connectivity index (χ4n) is 1.89. The van der Waals surface area contributed by atoms with E-state index in [0.717, 1.165) is 4.90 Å². The van der Waals surface area contributed by atoms with E-state index in [0.29, 0.717) is 27.2 Å². The molecule has 2 nitrogen and oxygen atoms in total. The summed E-state index contributed by atoms with van der Waals surface area (Å²) in [6.45, 7) is -0.654. The zero-order valence-electron chi connectivity index (χ0n) is 10.6. The summed E-state index contributed by atoms with van der Waals surface area (Å²) in [5.74, 6) is -0.388. The van der Waals surface area contributed by atoms with Gasteiger partial charge in [-0.05, 0) is 6.07 Å². The Hall–Kier alpha value is 0.644. The Morgan fingerprint density at radius 2 is 2.14 bits per heavy atom. The SMILES string of the molecule is O=C1C(Br)C[C-]=C(c2ccc(Cl)cc2Br)N1CC(F)F.[Y]. The number of hydrogen-bond acceptors (Lipinski definition) is 1. The van der Waals surface area contributed by atoms with Crippen molar-refractivity contribution in [1.29, 1.82) is 0 Å². The van der Waals surface area contributed by atoms with Crippen molar-refractivity contribution in [3.05, 3.63) is 39.3 Å². The zero-order valence-corrected chi connectivity index (χ0v) is 17.4. The number of alkyl halides is 3. The minimum absolute atomic E-state index is 0. The van der Waals surface area contributed by atoms with Gasteiger partial charge in [-0.25, -0.2) is 14.9 Å². The van der Waals surface area contributed by atoms with E-state index in [1.165, 1.54) is 0 Å². The third-order valence-corrected chi connectivity index (χ3v) is 4.37. The molecule has 0 spiro atoms. The monoisotopic (exact) mass is 515 g/mol. The first kappa shape index (κ1) is 19.7. The van der Waals surface area contributed by atoms with Crippen molar-refractivity contribution >= 4 is 55.1 Å². The van der Waals surface area contributed by atoms with Crippen molar-refractivity contribution in [3.63, 3.8) is 0 Å². The van der Waals surface area contributed by atoms with Crippen LogP contribution in [-0.4, -0.2) is 28.6 Å². The Bertz CT molecular complexity index is 571. The van der Waals surface area contributed by atoms with Crippen LogP contribution in [0.5, 0.6) is 0 Å². The fraction of sp³-hybridized carbons (Fsp3) is 0.308. The molecule has 0 fully saturated rings. The molecule has 1 unspecified atom stereocenters. The third kappa shape index (κ3) is 4.81. The van der Waals surface area contributed by atoms with Gasteiger partial charge in [0.05, 0.1) is 11.4 Å². The molecule has 1 aromatic rings. The van der Waals surface area contributed by atoms with Gasteiger partial charge in [0.2, 0.25) is 5.91 Å². The summed E-state index contributed by atoms with van der Waals surface area (Å²) in [6, 6.07) is 4.97. The molecule has 1 radical (unpaired) electrons. The number of hydrogen-bond donors (Lipinski definition) is 0. The second-order valence-corrected chi connectivity index (χ2v) is 6.56. The molecule has 21 heavy (non-hydrogen) atoms. The minimum atomic E-state index is -2.61. The summed E-state index contributed by atoms with van der Waals surface area (Å²) >= 11 is 12.4. The molecular weight excluding hydrogens is 508 g/mol. The number of halogens is 5. The third-order valence-electron chi connectivity index (χ3n) is 2.76. The summed E-state index contributed by atoms with van der Waals surface area (Å²) in [4.78, 5) is 12.6. The van der Waals surface area contributed by atoms with E-state index in [1.807, 2.05) is 0 Å². The van der Waals surface area contributed by atoms with Crippen LogP contribution in [0.2, 0.25) is 5.02 Å². The number of carbonyl (C=O) groups excluding carboxylic acids is 1. The number of nitrogens with zero attached hydrogens (tertiary/aromatic N) is 1. The summed E-state index contributed by atoms with van der Waals surface area (Å²) in [5, 5.41) is 0.516. The predicted molar refractivity (Wildman–Crippen MR) is 80.9 cm³/mol. The van der Waals surface area contributed by atoms with Crippen LogP contribution < -0.4 is 0 Å². The molecule has 1 atom stereocenters. The summed E-state index contributed by atoms with van der Waals surface area (Å²) in [5.41, 5.74) is 0.970. The smallest absolute Gasteiger partial charge is 0.256 e. The first-order valence-electron chi connectivity index (χ1n) is 5.70.